The highest BCUT2D eigenvalue weighted by molar-refractivity contribution is 7.14. The van der Waals surface area contributed by atoms with Crippen molar-refractivity contribution >= 4 is 17.2 Å². The van der Waals surface area contributed by atoms with E-state index in [-0.39, 0.29) is 11.9 Å². The van der Waals surface area contributed by atoms with Crippen molar-refractivity contribution in [2.24, 2.45) is 0 Å². The number of hydrogen-bond donors (Lipinski definition) is 1. The Kier molecular flexibility index (Phi) is 4.33. The maximum Gasteiger partial charge on any atom is 0.261 e. The van der Waals surface area contributed by atoms with Gasteiger partial charge in [0.15, 0.2) is 0 Å². The van der Waals surface area contributed by atoms with E-state index < -0.39 is 0 Å². The number of carbonyl (C=O) groups is 1. The maximum atomic E-state index is 11.8. The Labute approximate surface area is 95.7 Å². The molecular weight excluding hydrogens is 206 g/mol. The number of amides is 1. The Morgan fingerprint density at radius 3 is 2.67 bits per heavy atom. The minimum Gasteiger partial charge on any atom is -0.349 e. The van der Waals surface area contributed by atoms with Gasteiger partial charge in [0.2, 0.25) is 0 Å². The largest absolute Gasteiger partial charge is 0.349 e. The lowest BCUT2D eigenvalue weighted by atomic mass is 10.2. The van der Waals surface area contributed by atoms with Gasteiger partial charge in [-0.3, -0.25) is 4.79 Å². The molecule has 0 aliphatic carbocycles. The van der Waals surface area contributed by atoms with Crippen LogP contribution >= 0.6 is 11.3 Å². The second-order valence-electron chi connectivity index (χ2n) is 3.83. The van der Waals surface area contributed by atoms with E-state index in [0.717, 1.165) is 17.7 Å². The van der Waals surface area contributed by atoms with Crippen molar-refractivity contribution in [1.29, 1.82) is 0 Å². The first-order chi connectivity index (χ1) is 7.08. The summed E-state index contributed by atoms with van der Waals surface area (Å²) >= 11 is 1.59. The van der Waals surface area contributed by atoms with Crippen LogP contribution in [0, 0.1) is 6.92 Å². The highest BCUT2D eigenvalue weighted by Gasteiger charge is 2.12. The van der Waals surface area contributed by atoms with Crippen molar-refractivity contribution < 1.29 is 4.79 Å². The molecule has 1 N–H and O–H groups in total. The van der Waals surface area contributed by atoms with Gasteiger partial charge in [0.05, 0.1) is 4.88 Å². The Morgan fingerprint density at radius 2 is 2.20 bits per heavy atom. The van der Waals surface area contributed by atoms with Gasteiger partial charge >= 0.3 is 0 Å². The van der Waals surface area contributed by atoms with Crippen LogP contribution in [0.3, 0.4) is 0 Å². The predicted octanol–water partition coefficient (Wildman–Crippen LogP) is 3.15. The second kappa shape index (κ2) is 5.31. The summed E-state index contributed by atoms with van der Waals surface area (Å²) < 4.78 is 0. The lowest BCUT2D eigenvalue weighted by Gasteiger charge is -2.09. The van der Waals surface area contributed by atoms with Gasteiger partial charge in [-0.25, -0.2) is 0 Å². The minimum absolute atomic E-state index is 0.0668. The number of nitrogens with one attached hydrogen (secondary N) is 1. The smallest absolute Gasteiger partial charge is 0.261 e. The molecule has 0 saturated heterocycles. The van der Waals surface area contributed by atoms with E-state index in [2.05, 4.69) is 26.1 Å². The van der Waals surface area contributed by atoms with Crippen molar-refractivity contribution in [1.82, 2.24) is 5.32 Å². The van der Waals surface area contributed by atoms with Gasteiger partial charge in [0.25, 0.3) is 5.91 Å². The summed E-state index contributed by atoms with van der Waals surface area (Å²) in [4.78, 5) is 13.9. The fourth-order valence-electron chi connectivity index (χ4n) is 1.38. The first kappa shape index (κ1) is 12.2. The standard InChI is InChI=1S/C12H19NOS/c1-5-8(3)13-12(14)11-7-10(6-2)9(4)15-11/h7-8H,5-6H2,1-4H3,(H,13,14). The molecule has 84 valence electrons. The molecule has 1 aromatic heterocycles. The summed E-state index contributed by atoms with van der Waals surface area (Å²) in [5, 5.41) is 2.98. The summed E-state index contributed by atoms with van der Waals surface area (Å²) in [5.74, 6) is 0.0668. The van der Waals surface area contributed by atoms with E-state index in [0.29, 0.717) is 0 Å². The molecule has 1 aromatic rings. The zero-order chi connectivity index (χ0) is 11.4. The maximum absolute atomic E-state index is 11.8. The molecule has 0 fully saturated rings. The number of hydrogen-bond acceptors (Lipinski definition) is 2. The molecule has 1 heterocycles. The van der Waals surface area contributed by atoms with E-state index in [4.69, 9.17) is 0 Å². The van der Waals surface area contributed by atoms with Gasteiger partial charge in [-0.05, 0) is 38.3 Å². The lowest BCUT2D eigenvalue weighted by Crippen LogP contribution is -2.31. The lowest BCUT2D eigenvalue weighted by molar-refractivity contribution is 0.0943. The third kappa shape index (κ3) is 3.06. The molecule has 0 spiro atoms. The molecule has 0 radical (unpaired) electrons. The summed E-state index contributed by atoms with van der Waals surface area (Å²) in [6.07, 6.45) is 1.97. The first-order valence-electron chi connectivity index (χ1n) is 5.48. The molecule has 0 saturated carbocycles. The van der Waals surface area contributed by atoms with Crippen LogP contribution < -0.4 is 5.32 Å². The molecule has 0 bridgehead atoms. The first-order valence-corrected chi connectivity index (χ1v) is 6.30. The zero-order valence-corrected chi connectivity index (χ0v) is 10.7. The van der Waals surface area contributed by atoms with Gasteiger partial charge in [-0.15, -0.1) is 11.3 Å². The fourth-order valence-corrected chi connectivity index (χ4v) is 2.40. The van der Waals surface area contributed by atoms with E-state index in [1.54, 1.807) is 11.3 Å². The molecule has 2 nitrogen and oxygen atoms in total. The summed E-state index contributed by atoms with van der Waals surface area (Å²) in [7, 11) is 0. The molecule has 1 unspecified atom stereocenters. The highest BCUT2D eigenvalue weighted by atomic mass is 32.1. The van der Waals surface area contributed by atoms with Crippen LogP contribution in [-0.2, 0) is 6.42 Å². The number of rotatable bonds is 4. The normalized spacial score (nSPS) is 12.5. The average Bonchev–Trinajstić information content (AvgIpc) is 2.59. The second-order valence-corrected chi connectivity index (χ2v) is 5.08. The third-order valence-corrected chi connectivity index (χ3v) is 3.71. The zero-order valence-electron chi connectivity index (χ0n) is 9.89. The van der Waals surface area contributed by atoms with Gasteiger partial charge in [-0.2, -0.15) is 0 Å². The Hall–Kier alpha value is -0.830. The van der Waals surface area contributed by atoms with Crippen LogP contribution in [0.1, 0.15) is 47.3 Å². The Bertz CT molecular complexity index is 343. The number of thiophene rings is 1. The SMILES string of the molecule is CCc1cc(C(=O)NC(C)CC)sc1C. The Morgan fingerprint density at radius 1 is 1.53 bits per heavy atom. The molecule has 0 aliphatic rings. The topological polar surface area (TPSA) is 29.1 Å². The van der Waals surface area contributed by atoms with Crippen LogP contribution in [0.2, 0.25) is 0 Å². The van der Waals surface area contributed by atoms with Crippen LogP contribution in [0.15, 0.2) is 6.07 Å². The predicted molar refractivity (Wildman–Crippen MR) is 65.7 cm³/mol. The van der Waals surface area contributed by atoms with Gasteiger partial charge in [0.1, 0.15) is 0 Å². The van der Waals surface area contributed by atoms with Crippen LogP contribution in [0.5, 0.6) is 0 Å². The van der Waals surface area contributed by atoms with E-state index in [1.807, 2.05) is 13.0 Å². The number of carbonyl (C=O) groups excluding carboxylic acids is 1. The quantitative estimate of drug-likeness (QED) is 0.838. The molecular formula is C12H19NOS. The van der Waals surface area contributed by atoms with Crippen LogP contribution in [0.25, 0.3) is 0 Å². The highest BCUT2D eigenvalue weighted by Crippen LogP contribution is 2.21. The van der Waals surface area contributed by atoms with Gasteiger partial charge in [0, 0.05) is 10.9 Å². The molecule has 0 aliphatic heterocycles. The molecule has 1 rings (SSSR count). The Balaban J connectivity index is 2.74. The molecule has 1 atom stereocenters. The summed E-state index contributed by atoms with van der Waals surface area (Å²) in [6.45, 7) is 8.29. The van der Waals surface area contributed by atoms with Crippen LogP contribution in [0.4, 0.5) is 0 Å². The van der Waals surface area contributed by atoms with Crippen molar-refractivity contribution in [3.8, 4) is 0 Å². The van der Waals surface area contributed by atoms with Crippen molar-refractivity contribution in [3.05, 3.63) is 21.4 Å². The van der Waals surface area contributed by atoms with Crippen molar-refractivity contribution in [3.63, 3.8) is 0 Å². The average molecular weight is 225 g/mol. The summed E-state index contributed by atoms with van der Waals surface area (Å²) in [5.41, 5.74) is 1.29. The summed E-state index contributed by atoms with van der Waals surface area (Å²) in [6, 6.07) is 2.27. The third-order valence-electron chi connectivity index (χ3n) is 2.62. The van der Waals surface area contributed by atoms with Gasteiger partial charge < -0.3 is 5.32 Å². The fraction of sp³-hybridized carbons (Fsp3) is 0.583. The molecule has 15 heavy (non-hydrogen) atoms. The van der Waals surface area contributed by atoms with Crippen LogP contribution in [-0.4, -0.2) is 11.9 Å². The monoisotopic (exact) mass is 225 g/mol. The molecule has 3 heteroatoms. The number of aryl methyl sites for hydroxylation is 2. The van der Waals surface area contributed by atoms with Crippen molar-refractivity contribution in [2.45, 2.75) is 46.6 Å². The van der Waals surface area contributed by atoms with E-state index in [1.165, 1.54) is 10.4 Å². The van der Waals surface area contributed by atoms with E-state index >= 15 is 0 Å². The molecule has 1 amide bonds. The van der Waals surface area contributed by atoms with Crippen molar-refractivity contribution in [2.75, 3.05) is 0 Å². The van der Waals surface area contributed by atoms with Gasteiger partial charge in [-0.1, -0.05) is 13.8 Å². The molecule has 0 aromatic carbocycles. The minimum atomic E-state index is 0.0668. The van der Waals surface area contributed by atoms with E-state index in [9.17, 15) is 4.79 Å².